The van der Waals surface area contributed by atoms with Crippen LogP contribution in [-0.2, 0) is 0 Å². The van der Waals surface area contributed by atoms with E-state index in [1.54, 1.807) is 0 Å². The summed E-state index contributed by atoms with van der Waals surface area (Å²) < 4.78 is 0. The Balaban J connectivity index is 1.85. The molecule has 1 atom stereocenters. The lowest BCUT2D eigenvalue weighted by atomic mass is 10.0. The van der Waals surface area contributed by atoms with Crippen molar-refractivity contribution in [3.05, 3.63) is 35.0 Å². The first kappa shape index (κ1) is 14.8. The Bertz CT molecular complexity index is 643. The van der Waals surface area contributed by atoms with Crippen LogP contribution in [0.4, 0.5) is 11.8 Å². The minimum Gasteiger partial charge on any atom is -0.309 e. The van der Waals surface area contributed by atoms with E-state index in [9.17, 15) is 0 Å². The van der Waals surface area contributed by atoms with E-state index in [0.717, 1.165) is 41.7 Å². The summed E-state index contributed by atoms with van der Waals surface area (Å²) in [4.78, 5) is 17.8. The number of rotatable bonds is 3. The summed E-state index contributed by atoms with van der Waals surface area (Å²) in [5.74, 6) is 2.09. The summed E-state index contributed by atoms with van der Waals surface area (Å²) in [7, 11) is 0. The molecular formula is C16H22N6. The molecule has 0 saturated carbocycles. The van der Waals surface area contributed by atoms with Crippen LogP contribution in [0.1, 0.15) is 48.2 Å². The van der Waals surface area contributed by atoms with Crippen LogP contribution >= 0.6 is 0 Å². The van der Waals surface area contributed by atoms with Crippen molar-refractivity contribution in [1.29, 1.82) is 0 Å². The number of nitrogens with one attached hydrogen (secondary N) is 2. The van der Waals surface area contributed by atoms with Gasteiger partial charge in [0.1, 0.15) is 11.6 Å². The van der Waals surface area contributed by atoms with E-state index in [1.165, 1.54) is 12.8 Å². The van der Waals surface area contributed by atoms with E-state index in [2.05, 4.69) is 30.6 Å². The second-order valence-electron chi connectivity index (χ2n) is 5.83. The highest BCUT2D eigenvalue weighted by Crippen LogP contribution is 2.23. The van der Waals surface area contributed by atoms with Gasteiger partial charge in [-0.05, 0) is 46.2 Å². The predicted octanol–water partition coefficient (Wildman–Crippen LogP) is 2.75. The van der Waals surface area contributed by atoms with E-state index in [0.29, 0.717) is 12.0 Å². The minimum absolute atomic E-state index is 0.316. The Morgan fingerprint density at radius 1 is 1.00 bits per heavy atom. The average Bonchev–Trinajstić information content (AvgIpc) is 2.46. The van der Waals surface area contributed by atoms with Crippen LogP contribution in [0.3, 0.4) is 0 Å². The van der Waals surface area contributed by atoms with Crippen molar-refractivity contribution in [1.82, 2.24) is 25.3 Å². The molecule has 2 aromatic heterocycles. The van der Waals surface area contributed by atoms with E-state index in [-0.39, 0.29) is 0 Å². The van der Waals surface area contributed by atoms with Gasteiger partial charge in [0.05, 0.1) is 5.69 Å². The van der Waals surface area contributed by atoms with Crippen LogP contribution in [0.2, 0.25) is 0 Å². The summed E-state index contributed by atoms with van der Waals surface area (Å²) in [6.07, 6.45) is 3.60. The van der Waals surface area contributed by atoms with Gasteiger partial charge in [0.2, 0.25) is 5.95 Å². The third kappa shape index (κ3) is 3.57. The first-order valence-electron chi connectivity index (χ1n) is 7.78. The molecule has 0 amide bonds. The lowest BCUT2D eigenvalue weighted by molar-refractivity contribution is 0.404. The quantitative estimate of drug-likeness (QED) is 0.907. The van der Waals surface area contributed by atoms with Crippen LogP contribution in [0.25, 0.3) is 0 Å². The van der Waals surface area contributed by atoms with E-state index >= 15 is 0 Å². The van der Waals surface area contributed by atoms with Gasteiger partial charge in [-0.15, -0.1) is 0 Å². The van der Waals surface area contributed by atoms with Crippen molar-refractivity contribution < 1.29 is 0 Å². The van der Waals surface area contributed by atoms with Crippen molar-refractivity contribution in [2.24, 2.45) is 0 Å². The maximum atomic E-state index is 4.58. The van der Waals surface area contributed by atoms with E-state index in [1.807, 2.05) is 32.9 Å². The molecule has 2 N–H and O–H groups in total. The summed E-state index contributed by atoms with van der Waals surface area (Å²) in [6.45, 7) is 6.89. The fraction of sp³-hybridized carbons (Fsp3) is 0.500. The molecule has 3 heterocycles. The summed E-state index contributed by atoms with van der Waals surface area (Å²) in [5, 5.41) is 6.73. The molecular weight excluding hydrogens is 276 g/mol. The van der Waals surface area contributed by atoms with E-state index < -0.39 is 0 Å². The summed E-state index contributed by atoms with van der Waals surface area (Å²) in [5.41, 5.74) is 2.92. The SMILES string of the molecule is Cc1cc(C)nc(Nc2cc(C3CCCCN3)nc(C)n2)n1. The van der Waals surface area contributed by atoms with Gasteiger partial charge in [-0.25, -0.2) is 19.9 Å². The van der Waals surface area contributed by atoms with Crippen molar-refractivity contribution in [3.8, 4) is 0 Å². The molecule has 1 unspecified atom stereocenters. The molecule has 0 aromatic carbocycles. The Morgan fingerprint density at radius 2 is 1.77 bits per heavy atom. The van der Waals surface area contributed by atoms with Gasteiger partial charge in [-0.3, -0.25) is 0 Å². The topological polar surface area (TPSA) is 75.6 Å². The maximum Gasteiger partial charge on any atom is 0.228 e. The maximum absolute atomic E-state index is 4.58. The zero-order valence-electron chi connectivity index (χ0n) is 13.3. The van der Waals surface area contributed by atoms with Crippen molar-refractivity contribution in [2.45, 2.75) is 46.1 Å². The third-order valence-electron chi connectivity index (χ3n) is 3.75. The Kier molecular flexibility index (Phi) is 4.29. The van der Waals surface area contributed by atoms with Crippen LogP contribution < -0.4 is 10.6 Å². The average molecular weight is 298 g/mol. The second kappa shape index (κ2) is 6.36. The number of hydrogen-bond donors (Lipinski definition) is 2. The zero-order valence-corrected chi connectivity index (χ0v) is 13.3. The normalized spacial score (nSPS) is 18.2. The fourth-order valence-corrected chi connectivity index (χ4v) is 2.83. The molecule has 116 valence electrons. The van der Waals surface area contributed by atoms with Gasteiger partial charge >= 0.3 is 0 Å². The monoisotopic (exact) mass is 298 g/mol. The van der Waals surface area contributed by atoms with Crippen molar-refractivity contribution >= 4 is 11.8 Å². The predicted molar refractivity (Wildman–Crippen MR) is 86.2 cm³/mol. The molecule has 1 saturated heterocycles. The lowest BCUT2D eigenvalue weighted by Crippen LogP contribution is -2.27. The van der Waals surface area contributed by atoms with Gasteiger partial charge in [-0.2, -0.15) is 0 Å². The van der Waals surface area contributed by atoms with E-state index in [4.69, 9.17) is 0 Å². The van der Waals surface area contributed by atoms with Crippen LogP contribution in [0.15, 0.2) is 12.1 Å². The van der Waals surface area contributed by atoms with Gasteiger partial charge in [-0.1, -0.05) is 6.42 Å². The molecule has 0 aliphatic carbocycles. The molecule has 1 aliphatic heterocycles. The fourth-order valence-electron chi connectivity index (χ4n) is 2.83. The molecule has 1 aliphatic rings. The number of aryl methyl sites for hydroxylation is 3. The van der Waals surface area contributed by atoms with Gasteiger partial charge in [0.25, 0.3) is 0 Å². The highest BCUT2D eigenvalue weighted by molar-refractivity contribution is 5.48. The van der Waals surface area contributed by atoms with Gasteiger partial charge in [0, 0.05) is 23.5 Å². The number of aromatic nitrogens is 4. The molecule has 2 aromatic rings. The van der Waals surface area contributed by atoms with Gasteiger partial charge in [0.15, 0.2) is 0 Å². The Labute approximate surface area is 130 Å². The summed E-state index contributed by atoms with van der Waals surface area (Å²) in [6, 6.07) is 4.27. The molecule has 0 radical (unpaired) electrons. The van der Waals surface area contributed by atoms with Crippen molar-refractivity contribution in [2.75, 3.05) is 11.9 Å². The first-order valence-corrected chi connectivity index (χ1v) is 7.78. The largest absolute Gasteiger partial charge is 0.309 e. The second-order valence-corrected chi connectivity index (χ2v) is 5.83. The summed E-state index contributed by atoms with van der Waals surface area (Å²) >= 11 is 0. The first-order chi connectivity index (χ1) is 10.6. The van der Waals surface area contributed by atoms with Crippen molar-refractivity contribution in [3.63, 3.8) is 0 Å². The van der Waals surface area contributed by atoms with Crippen LogP contribution in [-0.4, -0.2) is 26.5 Å². The number of piperidine rings is 1. The molecule has 1 fully saturated rings. The zero-order chi connectivity index (χ0) is 15.5. The molecule has 3 rings (SSSR count). The molecule has 0 bridgehead atoms. The molecule has 6 heteroatoms. The number of anilines is 2. The van der Waals surface area contributed by atoms with Crippen LogP contribution in [0.5, 0.6) is 0 Å². The lowest BCUT2D eigenvalue weighted by Gasteiger charge is -2.23. The third-order valence-corrected chi connectivity index (χ3v) is 3.75. The molecule has 6 nitrogen and oxygen atoms in total. The van der Waals surface area contributed by atoms with Gasteiger partial charge < -0.3 is 10.6 Å². The Morgan fingerprint density at radius 3 is 2.45 bits per heavy atom. The highest BCUT2D eigenvalue weighted by atomic mass is 15.2. The van der Waals surface area contributed by atoms with Crippen LogP contribution in [0, 0.1) is 20.8 Å². The Hall–Kier alpha value is -2.08. The molecule has 22 heavy (non-hydrogen) atoms. The number of hydrogen-bond acceptors (Lipinski definition) is 6. The number of nitrogens with zero attached hydrogens (tertiary/aromatic N) is 4. The minimum atomic E-state index is 0.316. The smallest absolute Gasteiger partial charge is 0.228 e. The standard InChI is InChI=1S/C16H22N6/c1-10-8-11(2)19-16(18-10)22-15-9-14(20-12(3)21-15)13-6-4-5-7-17-13/h8-9,13,17H,4-7H2,1-3H3,(H,18,19,20,21,22). The molecule has 0 spiro atoms. The highest BCUT2D eigenvalue weighted by Gasteiger charge is 2.17.